The van der Waals surface area contributed by atoms with Gasteiger partial charge in [-0.05, 0) is 41.3 Å². The summed E-state index contributed by atoms with van der Waals surface area (Å²) >= 11 is 0. The average Bonchev–Trinajstić information content (AvgIpc) is 2.76. The lowest BCUT2D eigenvalue weighted by Gasteiger charge is -2.16. The third-order valence-corrected chi connectivity index (χ3v) is 4.76. The molecule has 0 atom stereocenters. The van der Waals surface area contributed by atoms with Crippen LogP contribution in [0.4, 0.5) is 0 Å². The number of hydrogen-bond acceptors (Lipinski definition) is 3. The van der Waals surface area contributed by atoms with E-state index in [-0.39, 0.29) is 5.91 Å². The van der Waals surface area contributed by atoms with Crippen LogP contribution in [0.25, 0.3) is 0 Å². The minimum atomic E-state index is -0.125. The van der Waals surface area contributed by atoms with Gasteiger partial charge in [0.1, 0.15) is 18.1 Å². The molecule has 3 aromatic carbocycles. The Kier molecular flexibility index (Phi) is 6.90. The number of nitrogens with one attached hydrogen (secondary N) is 1. The first-order valence-electron chi connectivity index (χ1n) is 9.79. The predicted octanol–water partition coefficient (Wildman–Crippen LogP) is 5.33. The van der Waals surface area contributed by atoms with E-state index in [0.29, 0.717) is 30.4 Å². The lowest BCUT2D eigenvalue weighted by molar-refractivity contribution is 0.0950. The maximum atomic E-state index is 12.6. The molecule has 1 amide bonds. The van der Waals surface area contributed by atoms with Crippen molar-refractivity contribution in [2.75, 3.05) is 7.11 Å². The van der Waals surface area contributed by atoms with Gasteiger partial charge in [0.05, 0.1) is 7.11 Å². The Labute approximate surface area is 172 Å². The Morgan fingerprint density at radius 1 is 0.931 bits per heavy atom. The predicted molar refractivity (Wildman–Crippen MR) is 115 cm³/mol. The van der Waals surface area contributed by atoms with Gasteiger partial charge >= 0.3 is 0 Å². The first-order chi connectivity index (χ1) is 14.1. The zero-order valence-corrected chi connectivity index (χ0v) is 17.1. The van der Waals surface area contributed by atoms with Gasteiger partial charge in [-0.1, -0.05) is 62.4 Å². The molecule has 150 valence electrons. The zero-order valence-electron chi connectivity index (χ0n) is 17.1. The number of amides is 1. The molecule has 0 saturated heterocycles. The van der Waals surface area contributed by atoms with Gasteiger partial charge in [0.25, 0.3) is 5.91 Å². The molecule has 3 rings (SSSR count). The number of rotatable bonds is 8. The van der Waals surface area contributed by atoms with Crippen molar-refractivity contribution in [2.45, 2.75) is 32.9 Å². The Morgan fingerprint density at radius 3 is 2.38 bits per heavy atom. The van der Waals surface area contributed by atoms with Crippen LogP contribution in [-0.2, 0) is 13.2 Å². The molecule has 0 aliphatic heterocycles. The van der Waals surface area contributed by atoms with Crippen molar-refractivity contribution >= 4 is 5.91 Å². The molecule has 3 aromatic rings. The van der Waals surface area contributed by atoms with Crippen molar-refractivity contribution in [3.8, 4) is 11.5 Å². The number of carbonyl (C=O) groups is 1. The molecule has 0 fully saturated rings. The van der Waals surface area contributed by atoms with Crippen molar-refractivity contribution in [3.63, 3.8) is 0 Å². The third-order valence-electron chi connectivity index (χ3n) is 4.76. The maximum absolute atomic E-state index is 12.6. The molecular formula is C25H27NO3. The molecule has 0 unspecified atom stereocenters. The summed E-state index contributed by atoms with van der Waals surface area (Å²) in [6, 6.07) is 23.3. The fourth-order valence-electron chi connectivity index (χ4n) is 3.16. The quantitative estimate of drug-likeness (QED) is 0.567. The fraction of sp³-hybridized carbons (Fsp3) is 0.240. The summed E-state index contributed by atoms with van der Waals surface area (Å²) in [5.74, 6) is 1.79. The van der Waals surface area contributed by atoms with Crippen molar-refractivity contribution in [2.24, 2.45) is 0 Å². The molecular weight excluding hydrogens is 362 g/mol. The van der Waals surface area contributed by atoms with Gasteiger partial charge in [0.2, 0.25) is 0 Å². The van der Waals surface area contributed by atoms with Gasteiger partial charge in [-0.15, -0.1) is 0 Å². The highest BCUT2D eigenvalue weighted by molar-refractivity contribution is 5.94. The third kappa shape index (κ3) is 5.38. The van der Waals surface area contributed by atoms with Gasteiger partial charge in [-0.25, -0.2) is 0 Å². The van der Waals surface area contributed by atoms with Gasteiger partial charge in [0.15, 0.2) is 0 Å². The number of carbonyl (C=O) groups excluding carboxylic acids is 1. The summed E-state index contributed by atoms with van der Waals surface area (Å²) in [4.78, 5) is 12.6. The van der Waals surface area contributed by atoms with Crippen molar-refractivity contribution in [1.29, 1.82) is 0 Å². The summed E-state index contributed by atoms with van der Waals surface area (Å²) in [6.45, 7) is 5.09. The maximum Gasteiger partial charge on any atom is 0.251 e. The Hall–Kier alpha value is -3.27. The topological polar surface area (TPSA) is 47.6 Å². The van der Waals surface area contributed by atoms with E-state index in [2.05, 4.69) is 25.2 Å². The van der Waals surface area contributed by atoms with Crippen LogP contribution in [0.15, 0.2) is 72.8 Å². The van der Waals surface area contributed by atoms with Crippen molar-refractivity contribution in [1.82, 2.24) is 5.32 Å². The van der Waals surface area contributed by atoms with Crippen LogP contribution in [0.3, 0.4) is 0 Å². The normalized spacial score (nSPS) is 10.6. The smallest absolute Gasteiger partial charge is 0.251 e. The lowest BCUT2D eigenvalue weighted by atomic mass is 10.0. The molecule has 0 heterocycles. The molecule has 0 aromatic heterocycles. The summed E-state index contributed by atoms with van der Waals surface area (Å²) in [6.07, 6.45) is 0. The van der Waals surface area contributed by atoms with E-state index in [4.69, 9.17) is 9.47 Å². The Bertz CT molecular complexity index is 951. The number of para-hydroxylation sites is 1. The van der Waals surface area contributed by atoms with Crippen LogP contribution in [-0.4, -0.2) is 13.0 Å². The molecule has 0 radical (unpaired) electrons. The fourth-order valence-corrected chi connectivity index (χ4v) is 3.16. The van der Waals surface area contributed by atoms with Crippen LogP contribution in [0.2, 0.25) is 0 Å². The highest BCUT2D eigenvalue weighted by Gasteiger charge is 2.13. The second kappa shape index (κ2) is 9.78. The molecule has 4 nitrogen and oxygen atoms in total. The minimum absolute atomic E-state index is 0.125. The largest absolute Gasteiger partial charge is 0.496 e. The summed E-state index contributed by atoms with van der Waals surface area (Å²) in [7, 11) is 1.62. The minimum Gasteiger partial charge on any atom is -0.496 e. The van der Waals surface area contributed by atoms with Crippen molar-refractivity contribution < 1.29 is 14.3 Å². The van der Waals surface area contributed by atoms with Crippen LogP contribution < -0.4 is 14.8 Å². The lowest BCUT2D eigenvalue weighted by Crippen LogP contribution is -2.23. The number of ether oxygens (including phenoxy) is 2. The average molecular weight is 389 g/mol. The Morgan fingerprint density at radius 2 is 1.66 bits per heavy atom. The molecule has 4 heteroatoms. The van der Waals surface area contributed by atoms with Crippen LogP contribution in [0, 0.1) is 0 Å². The molecule has 0 aliphatic carbocycles. The second-order valence-electron chi connectivity index (χ2n) is 7.18. The second-order valence-corrected chi connectivity index (χ2v) is 7.18. The van der Waals surface area contributed by atoms with Crippen molar-refractivity contribution in [3.05, 3.63) is 95.1 Å². The van der Waals surface area contributed by atoms with E-state index in [1.807, 2.05) is 60.7 Å². The molecule has 0 bridgehead atoms. The van der Waals surface area contributed by atoms with Crippen LogP contribution in [0.5, 0.6) is 11.5 Å². The van der Waals surface area contributed by atoms with E-state index in [0.717, 1.165) is 22.4 Å². The molecule has 29 heavy (non-hydrogen) atoms. The first kappa shape index (κ1) is 20.5. The van der Waals surface area contributed by atoms with Gasteiger partial charge in [-0.2, -0.15) is 0 Å². The standard InChI is InChI=1S/C25H27NO3/c1-18(2)22-11-7-8-12-24(22)29-17-21-15-20(13-14-23(21)28-3)25(27)26-16-19-9-5-4-6-10-19/h4-15,18H,16-17H2,1-3H3,(H,26,27). The number of methoxy groups -OCH3 is 1. The molecule has 0 aliphatic rings. The first-order valence-corrected chi connectivity index (χ1v) is 9.79. The molecule has 0 saturated carbocycles. The highest BCUT2D eigenvalue weighted by Crippen LogP contribution is 2.28. The number of hydrogen-bond donors (Lipinski definition) is 1. The zero-order chi connectivity index (χ0) is 20.6. The number of benzene rings is 3. The van der Waals surface area contributed by atoms with E-state index < -0.39 is 0 Å². The van der Waals surface area contributed by atoms with E-state index >= 15 is 0 Å². The van der Waals surface area contributed by atoms with Crippen LogP contribution in [0.1, 0.15) is 46.8 Å². The monoisotopic (exact) mass is 389 g/mol. The van der Waals surface area contributed by atoms with E-state index in [1.165, 1.54) is 0 Å². The summed E-state index contributed by atoms with van der Waals surface area (Å²) in [5.41, 5.74) is 3.63. The SMILES string of the molecule is COc1ccc(C(=O)NCc2ccccc2)cc1COc1ccccc1C(C)C. The van der Waals surface area contributed by atoms with Gasteiger partial charge in [0, 0.05) is 17.7 Å². The Balaban J connectivity index is 1.72. The van der Waals surface area contributed by atoms with Gasteiger partial charge in [-0.3, -0.25) is 4.79 Å². The van der Waals surface area contributed by atoms with Crippen LogP contribution >= 0.6 is 0 Å². The van der Waals surface area contributed by atoms with E-state index in [1.54, 1.807) is 13.2 Å². The summed E-state index contributed by atoms with van der Waals surface area (Å²) < 4.78 is 11.5. The molecule has 0 spiro atoms. The highest BCUT2D eigenvalue weighted by atomic mass is 16.5. The summed E-state index contributed by atoms with van der Waals surface area (Å²) in [5, 5.41) is 2.96. The molecule has 1 N–H and O–H groups in total. The van der Waals surface area contributed by atoms with E-state index in [9.17, 15) is 4.79 Å². The van der Waals surface area contributed by atoms with Gasteiger partial charge < -0.3 is 14.8 Å².